The van der Waals surface area contributed by atoms with Crippen LogP contribution in [0.15, 0.2) is 48.5 Å². The van der Waals surface area contributed by atoms with Gasteiger partial charge in [-0.3, -0.25) is 9.59 Å². The molecular formula is C41H61NO6. The maximum Gasteiger partial charge on any atom is 0.343 e. The minimum absolute atomic E-state index is 0.202. The van der Waals surface area contributed by atoms with Gasteiger partial charge in [-0.25, -0.2) is 4.79 Å². The van der Waals surface area contributed by atoms with Crippen LogP contribution in [0, 0.1) is 5.92 Å². The molecule has 0 radical (unpaired) electrons. The highest BCUT2D eigenvalue weighted by atomic mass is 16.5. The maximum absolute atomic E-state index is 12.8. The van der Waals surface area contributed by atoms with Crippen LogP contribution in [0.4, 0.5) is 0 Å². The smallest absolute Gasteiger partial charge is 0.343 e. The second kappa shape index (κ2) is 23.9. The Hall–Kier alpha value is -3.35. The lowest BCUT2D eigenvalue weighted by Gasteiger charge is -2.31. The summed E-state index contributed by atoms with van der Waals surface area (Å²) in [7, 11) is 0. The first-order chi connectivity index (χ1) is 23.5. The quantitative estimate of drug-likeness (QED) is 0.0631. The lowest BCUT2D eigenvalue weighted by atomic mass is 9.96. The molecule has 0 spiro atoms. The number of ether oxygens (including phenoxy) is 3. The Kier molecular flexibility index (Phi) is 19.5. The van der Waals surface area contributed by atoms with E-state index in [2.05, 4.69) is 13.8 Å². The number of nitrogens with zero attached hydrogens (tertiary/aromatic N) is 1. The minimum atomic E-state index is -0.464. The summed E-state index contributed by atoms with van der Waals surface area (Å²) >= 11 is 0. The van der Waals surface area contributed by atoms with Crippen LogP contribution < -0.4 is 14.2 Å². The molecule has 1 aliphatic rings. The second-order valence-electron chi connectivity index (χ2n) is 13.4. The van der Waals surface area contributed by atoms with E-state index in [0.29, 0.717) is 56.0 Å². The molecule has 0 atom stereocenters. The number of hydrogen-bond donors (Lipinski definition) is 0. The highest BCUT2D eigenvalue weighted by molar-refractivity contribution is 5.91. The van der Waals surface area contributed by atoms with Gasteiger partial charge < -0.3 is 19.1 Å². The zero-order chi connectivity index (χ0) is 34.2. The molecule has 7 nitrogen and oxygen atoms in total. The summed E-state index contributed by atoms with van der Waals surface area (Å²) in [5.41, 5.74) is 0.433. The number of esters is 2. The molecule has 2 aromatic carbocycles. The van der Waals surface area contributed by atoms with Gasteiger partial charge in [0.25, 0.3) is 0 Å². The van der Waals surface area contributed by atoms with Crippen molar-refractivity contribution in [1.82, 2.24) is 4.90 Å². The molecule has 0 saturated carbocycles. The Morgan fingerprint density at radius 1 is 0.583 bits per heavy atom. The number of likely N-dealkylation sites (tertiary alicyclic amines) is 1. The van der Waals surface area contributed by atoms with E-state index in [0.717, 1.165) is 25.0 Å². The summed E-state index contributed by atoms with van der Waals surface area (Å²) in [5.74, 6) is 0.742. The Bertz CT molecular complexity index is 1170. The van der Waals surface area contributed by atoms with Gasteiger partial charge >= 0.3 is 11.9 Å². The Labute approximate surface area is 290 Å². The minimum Gasteiger partial charge on any atom is -0.494 e. The number of amides is 1. The van der Waals surface area contributed by atoms with Gasteiger partial charge in [0, 0.05) is 19.5 Å². The van der Waals surface area contributed by atoms with Gasteiger partial charge in [-0.1, -0.05) is 110 Å². The molecule has 1 amide bonds. The molecule has 0 unspecified atom stereocenters. The van der Waals surface area contributed by atoms with E-state index in [-0.39, 0.29) is 17.8 Å². The standard InChI is InChI=1S/C41H61NO6/c1-3-5-7-9-11-13-14-16-18-20-39(43)42-31-29-35(30-32-42)41(45)48-38-27-25-37(26-28-38)47-40(44)34-21-23-36(24-22-34)46-33-19-17-15-12-10-8-6-4-2/h21-28,35H,3-20,29-33H2,1-2H3. The molecule has 1 fully saturated rings. The first-order valence-corrected chi connectivity index (χ1v) is 19.0. The van der Waals surface area contributed by atoms with Crippen molar-refractivity contribution in [2.24, 2.45) is 5.92 Å². The largest absolute Gasteiger partial charge is 0.494 e. The number of carbonyl (C=O) groups excluding carboxylic acids is 3. The molecule has 0 bridgehead atoms. The molecular weight excluding hydrogens is 602 g/mol. The molecule has 266 valence electrons. The van der Waals surface area contributed by atoms with E-state index in [4.69, 9.17) is 14.2 Å². The normalized spacial score (nSPS) is 13.3. The highest BCUT2D eigenvalue weighted by Gasteiger charge is 2.28. The Morgan fingerprint density at radius 3 is 1.58 bits per heavy atom. The first-order valence-electron chi connectivity index (χ1n) is 19.0. The van der Waals surface area contributed by atoms with E-state index in [1.54, 1.807) is 48.5 Å². The number of hydrogen-bond acceptors (Lipinski definition) is 6. The average Bonchev–Trinajstić information content (AvgIpc) is 3.11. The van der Waals surface area contributed by atoms with Gasteiger partial charge in [-0.15, -0.1) is 0 Å². The van der Waals surface area contributed by atoms with E-state index in [1.165, 1.54) is 89.9 Å². The third kappa shape index (κ3) is 15.7. The molecule has 7 heteroatoms. The van der Waals surface area contributed by atoms with Crippen molar-refractivity contribution in [2.45, 2.75) is 142 Å². The van der Waals surface area contributed by atoms with Crippen molar-refractivity contribution < 1.29 is 28.6 Å². The molecule has 3 rings (SSSR count). The zero-order valence-electron chi connectivity index (χ0n) is 29.9. The van der Waals surface area contributed by atoms with Gasteiger partial charge in [0.1, 0.15) is 17.2 Å². The van der Waals surface area contributed by atoms with Crippen LogP contribution in [0.1, 0.15) is 153 Å². The Balaban J connectivity index is 1.28. The molecule has 0 aliphatic carbocycles. The lowest BCUT2D eigenvalue weighted by molar-refractivity contribution is -0.143. The number of carbonyl (C=O) groups is 3. The van der Waals surface area contributed by atoms with Gasteiger partial charge in [-0.2, -0.15) is 0 Å². The number of benzene rings is 2. The fourth-order valence-corrected chi connectivity index (χ4v) is 6.16. The van der Waals surface area contributed by atoms with Crippen LogP contribution in [-0.2, 0) is 9.59 Å². The third-order valence-electron chi connectivity index (χ3n) is 9.28. The summed E-state index contributed by atoms with van der Waals surface area (Å²) in [6.45, 7) is 6.34. The average molecular weight is 664 g/mol. The van der Waals surface area contributed by atoms with Crippen LogP contribution >= 0.6 is 0 Å². The molecule has 2 aromatic rings. The Morgan fingerprint density at radius 2 is 1.04 bits per heavy atom. The molecule has 0 aromatic heterocycles. The van der Waals surface area contributed by atoms with Gasteiger partial charge in [0.2, 0.25) is 5.91 Å². The number of piperidine rings is 1. The predicted molar refractivity (Wildman–Crippen MR) is 193 cm³/mol. The van der Waals surface area contributed by atoms with Crippen LogP contribution in [-0.4, -0.2) is 42.4 Å². The topological polar surface area (TPSA) is 82.1 Å². The summed E-state index contributed by atoms with van der Waals surface area (Å²) in [6.07, 6.45) is 23.0. The third-order valence-corrected chi connectivity index (χ3v) is 9.28. The van der Waals surface area contributed by atoms with E-state index in [1.807, 2.05) is 4.90 Å². The number of rotatable bonds is 24. The first kappa shape index (κ1) is 39.1. The molecule has 1 heterocycles. The predicted octanol–water partition coefficient (Wildman–Crippen LogP) is 10.5. The van der Waals surface area contributed by atoms with Crippen molar-refractivity contribution in [3.05, 3.63) is 54.1 Å². The number of unbranched alkanes of at least 4 members (excludes halogenated alkanes) is 15. The van der Waals surface area contributed by atoms with Crippen LogP contribution in [0.2, 0.25) is 0 Å². The second-order valence-corrected chi connectivity index (χ2v) is 13.4. The van der Waals surface area contributed by atoms with Gasteiger partial charge in [-0.05, 0) is 74.2 Å². The molecule has 1 saturated heterocycles. The van der Waals surface area contributed by atoms with Gasteiger partial charge in [0.15, 0.2) is 0 Å². The summed E-state index contributed by atoms with van der Waals surface area (Å²) in [4.78, 5) is 40.0. The highest BCUT2D eigenvalue weighted by Crippen LogP contribution is 2.24. The monoisotopic (exact) mass is 663 g/mol. The fourth-order valence-electron chi connectivity index (χ4n) is 6.16. The molecule has 0 N–H and O–H groups in total. The maximum atomic E-state index is 12.8. The van der Waals surface area contributed by atoms with E-state index < -0.39 is 5.97 Å². The summed E-state index contributed by atoms with van der Waals surface area (Å²) < 4.78 is 17.0. The van der Waals surface area contributed by atoms with E-state index in [9.17, 15) is 14.4 Å². The fraction of sp³-hybridized carbons (Fsp3) is 0.634. The summed E-state index contributed by atoms with van der Waals surface area (Å²) in [5, 5.41) is 0. The van der Waals surface area contributed by atoms with Crippen molar-refractivity contribution in [2.75, 3.05) is 19.7 Å². The van der Waals surface area contributed by atoms with Crippen molar-refractivity contribution >= 4 is 17.8 Å². The van der Waals surface area contributed by atoms with Crippen LogP contribution in [0.25, 0.3) is 0 Å². The van der Waals surface area contributed by atoms with E-state index >= 15 is 0 Å². The van der Waals surface area contributed by atoms with Crippen LogP contribution in [0.5, 0.6) is 17.2 Å². The summed E-state index contributed by atoms with van der Waals surface area (Å²) in [6, 6.07) is 13.5. The van der Waals surface area contributed by atoms with Crippen LogP contribution in [0.3, 0.4) is 0 Å². The van der Waals surface area contributed by atoms with Crippen molar-refractivity contribution in [3.8, 4) is 17.2 Å². The lowest BCUT2D eigenvalue weighted by Crippen LogP contribution is -2.41. The molecule has 1 aliphatic heterocycles. The van der Waals surface area contributed by atoms with Crippen molar-refractivity contribution in [3.63, 3.8) is 0 Å². The zero-order valence-corrected chi connectivity index (χ0v) is 29.9. The van der Waals surface area contributed by atoms with Gasteiger partial charge in [0.05, 0.1) is 18.1 Å². The SMILES string of the molecule is CCCCCCCCCCCC(=O)N1CCC(C(=O)Oc2ccc(OC(=O)c3ccc(OCCCCCCCCCC)cc3)cc2)CC1. The van der Waals surface area contributed by atoms with Crippen molar-refractivity contribution in [1.29, 1.82) is 0 Å². The molecule has 48 heavy (non-hydrogen) atoms.